The predicted molar refractivity (Wildman–Crippen MR) is 67.6 cm³/mol. The maximum atomic E-state index is 11.7. The van der Waals surface area contributed by atoms with Crippen LogP contribution in [0.2, 0.25) is 0 Å². The average Bonchev–Trinajstić information content (AvgIpc) is 2.30. The standard InChI is InChI=1S/C13H18O2S/c1-3-8-12(13(14)15-4-2)16-11-9-6-5-7-10-11/h5-7,9-10,12H,3-4,8H2,1-2H3. The molecular weight excluding hydrogens is 220 g/mol. The largest absolute Gasteiger partial charge is 0.465 e. The van der Waals surface area contributed by atoms with Gasteiger partial charge < -0.3 is 4.74 Å². The van der Waals surface area contributed by atoms with E-state index < -0.39 is 0 Å². The van der Waals surface area contributed by atoms with E-state index in [2.05, 4.69) is 6.92 Å². The highest BCUT2D eigenvalue weighted by atomic mass is 32.2. The van der Waals surface area contributed by atoms with Crippen LogP contribution < -0.4 is 0 Å². The third-order valence-corrected chi connectivity index (χ3v) is 3.38. The van der Waals surface area contributed by atoms with Crippen LogP contribution in [0.3, 0.4) is 0 Å². The van der Waals surface area contributed by atoms with E-state index in [1.807, 2.05) is 37.3 Å². The summed E-state index contributed by atoms with van der Waals surface area (Å²) in [7, 11) is 0. The van der Waals surface area contributed by atoms with E-state index in [1.165, 1.54) is 0 Å². The molecule has 1 rings (SSSR count). The van der Waals surface area contributed by atoms with Gasteiger partial charge in [-0.3, -0.25) is 4.79 Å². The summed E-state index contributed by atoms with van der Waals surface area (Å²) in [5.41, 5.74) is 0. The second kappa shape index (κ2) is 7.34. The van der Waals surface area contributed by atoms with Crippen molar-refractivity contribution >= 4 is 17.7 Å². The Kier molecular flexibility index (Phi) is 6.01. The van der Waals surface area contributed by atoms with Gasteiger partial charge >= 0.3 is 5.97 Å². The Bertz CT molecular complexity index is 311. The van der Waals surface area contributed by atoms with Crippen LogP contribution in [0.5, 0.6) is 0 Å². The minimum absolute atomic E-state index is 0.0765. The van der Waals surface area contributed by atoms with Gasteiger partial charge in [0.05, 0.1) is 6.61 Å². The molecule has 16 heavy (non-hydrogen) atoms. The van der Waals surface area contributed by atoms with E-state index >= 15 is 0 Å². The first-order valence-corrected chi connectivity index (χ1v) is 6.54. The molecule has 0 heterocycles. The Hall–Kier alpha value is -0.960. The highest BCUT2D eigenvalue weighted by Crippen LogP contribution is 2.26. The fourth-order valence-corrected chi connectivity index (χ4v) is 2.55. The van der Waals surface area contributed by atoms with E-state index in [-0.39, 0.29) is 11.2 Å². The van der Waals surface area contributed by atoms with Crippen LogP contribution in [0.1, 0.15) is 26.7 Å². The quantitative estimate of drug-likeness (QED) is 0.560. The molecule has 0 fully saturated rings. The highest BCUT2D eigenvalue weighted by molar-refractivity contribution is 8.00. The summed E-state index contributed by atoms with van der Waals surface area (Å²) in [6.45, 7) is 4.38. The fraction of sp³-hybridized carbons (Fsp3) is 0.462. The lowest BCUT2D eigenvalue weighted by molar-refractivity contribution is -0.142. The van der Waals surface area contributed by atoms with E-state index in [0.29, 0.717) is 6.61 Å². The Labute approximate surface area is 101 Å². The molecule has 1 atom stereocenters. The third-order valence-electron chi connectivity index (χ3n) is 2.12. The SMILES string of the molecule is CCCC(Sc1ccccc1)C(=O)OCC. The molecule has 0 aliphatic carbocycles. The summed E-state index contributed by atoms with van der Waals surface area (Å²) < 4.78 is 5.07. The Morgan fingerprint density at radius 2 is 2.00 bits per heavy atom. The van der Waals surface area contributed by atoms with E-state index in [1.54, 1.807) is 11.8 Å². The molecule has 0 aliphatic heterocycles. The van der Waals surface area contributed by atoms with Crippen LogP contribution in [0.15, 0.2) is 35.2 Å². The maximum absolute atomic E-state index is 11.7. The summed E-state index contributed by atoms with van der Waals surface area (Å²) >= 11 is 1.59. The first-order chi connectivity index (χ1) is 7.77. The third kappa shape index (κ3) is 4.27. The molecule has 0 saturated heterocycles. The number of carbonyl (C=O) groups excluding carboxylic acids is 1. The number of carbonyl (C=O) groups is 1. The molecule has 2 nitrogen and oxygen atoms in total. The lowest BCUT2D eigenvalue weighted by Gasteiger charge is -2.14. The second-order valence-electron chi connectivity index (χ2n) is 3.46. The molecule has 0 N–H and O–H groups in total. The van der Waals surface area contributed by atoms with E-state index in [4.69, 9.17) is 4.74 Å². The molecule has 0 aromatic heterocycles. The Morgan fingerprint density at radius 3 is 2.56 bits per heavy atom. The second-order valence-corrected chi connectivity index (χ2v) is 4.74. The van der Waals surface area contributed by atoms with Gasteiger partial charge in [0.25, 0.3) is 0 Å². The summed E-state index contributed by atoms with van der Waals surface area (Å²) in [5, 5.41) is -0.0765. The number of ether oxygens (including phenoxy) is 1. The van der Waals surface area contributed by atoms with Crippen molar-refractivity contribution in [1.82, 2.24) is 0 Å². The first-order valence-electron chi connectivity index (χ1n) is 5.66. The van der Waals surface area contributed by atoms with Gasteiger partial charge in [0, 0.05) is 4.90 Å². The molecule has 1 aromatic carbocycles. The molecule has 1 unspecified atom stereocenters. The number of esters is 1. The van der Waals surface area contributed by atoms with Crippen LogP contribution in [-0.4, -0.2) is 17.8 Å². The van der Waals surface area contributed by atoms with Crippen LogP contribution in [-0.2, 0) is 9.53 Å². The molecule has 3 heteroatoms. The Morgan fingerprint density at radius 1 is 1.31 bits per heavy atom. The van der Waals surface area contributed by atoms with Crippen molar-refractivity contribution in [2.24, 2.45) is 0 Å². The van der Waals surface area contributed by atoms with Crippen molar-refractivity contribution in [2.75, 3.05) is 6.61 Å². The van der Waals surface area contributed by atoms with Gasteiger partial charge in [-0.05, 0) is 25.5 Å². The van der Waals surface area contributed by atoms with Gasteiger partial charge in [0.1, 0.15) is 5.25 Å². The minimum Gasteiger partial charge on any atom is -0.465 e. The van der Waals surface area contributed by atoms with Crippen molar-refractivity contribution < 1.29 is 9.53 Å². The van der Waals surface area contributed by atoms with Crippen molar-refractivity contribution in [2.45, 2.75) is 36.8 Å². The average molecular weight is 238 g/mol. The number of hydrogen-bond donors (Lipinski definition) is 0. The number of hydrogen-bond acceptors (Lipinski definition) is 3. The summed E-state index contributed by atoms with van der Waals surface area (Å²) in [4.78, 5) is 12.8. The minimum atomic E-state index is -0.0989. The zero-order valence-electron chi connectivity index (χ0n) is 9.81. The van der Waals surface area contributed by atoms with Gasteiger partial charge in [-0.1, -0.05) is 31.5 Å². The number of rotatable bonds is 6. The Balaban J connectivity index is 2.60. The molecular formula is C13H18O2S. The molecule has 0 aliphatic rings. The van der Waals surface area contributed by atoms with Crippen molar-refractivity contribution in [1.29, 1.82) is 0 Å². The van der Waals surface area contributed by atoms with Gasteiger partial charge in [-0.2, -0.15) is 0 Å². The molecule has 0 amide bonds. The van der Waals surface area contributed by atoms with Crippen LogP contribution in [0.25, 0.3) is 0 Å². The zero-order valence-corrected chi connectivity index (χ0v) is 10.6. The molecule has 0 radical (unpaired) electrons. The summed E-state index contributed by atoms with van der Waals surface area (Å²) in [5.74, 6) is -0.0989. The molecule has 0 saturated carbocycles. The van der Waals surface area contributed by atoms with Gasteiger partial charge in [0.15, 0.2) is 0 Å². The first kappa shape index (κ1) is 13.1. The number of thioether (sulfide) groups is 1. The van der Waals surface area contributed by atoms with Crippen LogP contribution >= 0.6 is 11.8 Å². The molecule has 1 aromatic rings. The lowest BCUT2D eigenvalue weighted by Crippen LogP contribution is -2.19. The normalized spacial score (nSPS) is 12.1. The fourth-order valence-electron chi connectivity index (χ4n) is 1.39. The predicted octanol–water partition coefficient (Wildman–Crippen LogP) is 3.51. The smallest absolute Gasteiger partial charge is 0.319 e. The van der Waals surface area contributed by atoms with Gasteiger partial charge in [0.2, 0.25) is 0 Å². The summed E-state index contributed by atoms with van der Waals surface area (Å²) in [6.07, 6.45) is 1.85. The summed E-state index contributed by atoms with van der Waals surface area (Å²) in [6, 6.07) is 9.98. The number of benzene rings is 1. The molecule has 0 spiro atoms. The monoisotopic (exact) mass is 238 g/mol. The van der Waals surface area contributed by atoms with Crippen molar-refractivity contribution in [3.8, 4) is 0 Å². The lowest BCUT2D eigenvalue weighted by atomic mass is 10.2. The van der Waals surface area contributed by atoms with Gasteiger partial charge in [-0.25, -0.2) is 0 Å². The molecule has 0 bridgehead atoms. The highest BCUT2D eigenvalue weighted by Gasteiger charge is 2.19. The van der Waals surface area contributed by atoms with Gasteiger partial charge in [-0.15, -0.1) is 11.8 Å². The van der Waals surface area contributed by atoms with Crippen molar-refractivity contribution in [3.63, 3.8) is 0 Å². The maximum Gasteiger partial charge on any atom is 0.319 e. The van der Waals surface area contributed by atoms with Crippen LogP contribution in [0.4, 0.5) is 0 Å². The molecule has 88 valence electrons. The van der Waals surface area contributed by atoms with Crippen LogP contribution in [0, 0.1) is 0 Å². The van der Waals surface area contributed by atoms with Crippen molar-refractivity contribution in [3.05, 3.63) is 30.3 Å². The zero-order chi connectivity index (χ0) is 11.8. The topological polar surface area (TPSA) is 26.3 Å². The van der Waals surface area contributed by atoms with E-state index in [9.17, 15) is 4.79 Å². The van der Waals surface area contributed by atoms with E-state index in [0.717, 1.165) is 17.7 Å².